The number of β-amino-alcohol motifs (C(OH)–C–C–N with tert-alkyl or cyclic N) is 1. The second-order valence-electron chi connectivity index (χ2n) is 4.59. The zero-order valence-corrected chi connectivity index (χ0v) is 9.73. The van der Waals surface area contributed by atoms with Crippen LogP contribution in [0, 0.1) is 0 Å². The first kappa shape index (κ1) is 11.1. The first-order chi connectivity index (χ1) is 7.52. The Morgan fingerprint density at radius 1 is 1.50 bits per heavy atom. The lowest BCUT2D eigenvalue weighted by atomic mass is 10.1. The predicted octanol–water partition coefficient (Wildman–Crippen LogP) is 1.24. The molecule has 0 saturated carbocycles. The maximum atomic E-state index is 9.93. The van der Waals surface area contributed by atoms with Crippen molar-refractivity contribution in [2.75, 3.05) is 30.8 Å². The third kappa shape index (κ3) is 2.07. The maximum absolute atomic E-state index is 9.93. The number of ether oxygens (including phenoxy) is 1. The standard InChI is InChI=1S/C12H18N2O2/c1-12(15)5-6-14(8-12)11-7-9(16-2)3-4-10(11)13/h3-4,7,15H,5-6,8,13H2,1-2H3. The third-order valence-corrected chi connectivity index (χ3v) is 3.03. The van der Waals surface area contributed by atoms with E-state index in [0.29, 0.717) is 6.54 Å². The summed E-state index contributed by atoms with van der Waals surface area (Å²) >= 11 is 0. The molecule has 0 radical (unpaired) electrons. The molecule has 1 fully saturated rings. The molecule has 1 saturated heterocycles. The number of hydrogen-bond acceptors (Lipinski definition) is 4. The topological polar surface area (TPSA) is 58.7 Å². The van der Waals surface area contributed by atoms with E-state index < -0.39 is 5.60 Å². The van der Waals surface area contributed by atoms with Crippen molar-refractivity contribution in [1.29, 1.82) is 0 Å². The van der Waals surface area contributed by atoms with E-state index in [4.69, 9.17) is 10.5 Å². The Labute approximate surface area is 95.6 Å². The zero-order chi connectivity index (χ0) is 11.8. The Bertz CT molecular complexity index is 391. The smallest absolute Gasteiger partial charge is 0.121 e. The van der Waals surface area contributed by atoms with Crippen LogP contribution in [0.3, 0.4) is 0 Å². The Kier molecular flexibility index (Phi) is 2.68. The van der Waals surface area contributed by atoms with Crippen LogP contribution >= 0.6 is 0 Å². The molecule has 1 atom stereocenters. The number of nitrogen functional groups attached to an aromatic ring is 1. The minimum atomic E-state index is -0.616. The lowest BCUT2D eigenvalue weighted by Crippen LogP contribution is -2.29. The van der Waals surface area contributed by atoms with Crippen molar-refractivity contribution < 1.29 is 9.84 Å². The van der Waals surface area contributed by atoms with Crippen molar-refractivity contribution in [1.82, 2.24) is 0 Å². The Balaban J connectivity index is 2.27. The molecule has 0 amide bonds. The summed E-state index contributed by atoms with van der Waals surface area (Å²) in [6.45, 7) is 3.29. The average Bonchev–Trinajstić information content (AvgIpc) is 2.59. The van der Waals surface area contributed by atoms with Gasteiger partial charge >= 0.3 is 0 Å². The van der Waals surface area contributed by atoms with E-state index in [2.05, 4.69) is 4.90 Å². The molecule has 1 unspecified atom stereocenters. The quantitative estimate of drug-likeness (QED) is 0.739. The molecule has 2 rings (SSSR count). The monoisotopic (exact) mass is 222 g/mol. The van der Waals surface area contributed by atoms with Crippen molar-refractivity contribution in [2.45, 2.75) is 18.9 Å². The largest absolute Gasteiger partial charge is 0.497 e. The number of anilines is 2. The SMILES string of the molecule is COc1ccc(N)c(N2CCC(C)(O)C2)c1. The Morgan fingerprint density at radius 3 is 2.81 bits per heavy atom. The van der Waals surface area contributed by atoms with Gasteiger partial charge in [-0.3, -0.25) is 0 Å². The molecule has 1 aromatic carbocycles. The van der Waals surface area contributed by atoms with Gasteiger partial charge in [0.25, 0.3) is 0 Å². The van der Waals surface area contributed by atoms with E-state index in [9.17, 15) is 5.11 Å². The van der Waals surface area contributed by atoms with Crippen molar-refractivity contribution in [2.24, 2.45) is 0 Å². The summed E-state index contributed by atoms with van der Waals surface area (Å²) < 4.78 is 5.18. The number of nitrogens with zero attached hydrogens (tertiary/aromatic N) is 1. The minimum Gasteiger partial charge on any atom is -0.497 e. The molecular formula is C12H18N2O2. The van der Waals surface area contributed by atoms with Crippen molar-refractivity contribution in [3.05, 3.63) is 18.2 Å². The highest BCUT2D eigenvalue weighted by Crippen LogP contribution is 2.33. The van der Waals surface area contributed by atoms with Crippen molar-refractivity contribution >= 4 is 11.4 Å². The van der Waals surface area contributed by atoms with Gasteiger partial charge in [0, 0.05) is 19.2 Å². The first-order valence-electron chi connectivity index (χ1n) is 5.43. The van der Waals surface area contributed by atoms with Crippen molar-refractivity contribution in [3.63, 3.8) is 0 Å². The molecule has 1 aliphatic heterocycles. The average molecular weight is 222 g/mol. The molecule has 1 heterocycles. The van der Waals surface area contributed by atoms with E-state index in [1.54, 1.807) is 7.11 Å². The molecule has 4 nitrogen and oxygen atoms in total. The molecular weight excluding hydrogens is 204 g/mol. The normalized spacial score (nSPS) is 24.8. The number of aliphatic hydroxyl groups is 1. The first-order valence-corrected chi connectivity index (χ1v) is 5.43. The van der Waals surface area contributed by atoms with Gasteiger partial charge in [0.2, 0.25) is 0 Å². The van der Waals surface area contributed by atoms with Crippen LogP contribution in [0.5, 0.6) is 5.75 Å². The van der Waals surface area contributed by atoms with Gasteiger partial charge in [-0.25, -0.2) is 0 Å². The lowest BCUT2D eigenvalue weighted by molar-refractivity contribution is 0.0839. The molecule has 4 heteroatoms. The number of benzene rings is 1. The molecule has 0 aromatic heterocycles. The molecule has 1 aliphatic rings. The molecule has 88 valence electrons. The van der Waals surface area contributed by atoms with E-state index in [-0.39, 0.29) is 0 Å². The zero-order valence-electron chi connectivity index (χ0n) is 9.73. The fraction of sp³-hybridized carbons (Fsp3) is 0.500. The molecule has 0 aliphatic carbocycles. The van der Waals surface area contributed by atoms with Gasteiger partial charge in [-0.15, -0.1) is 0 Å². The molecule has 16 heavy (non-hydrogen) atoms. The summed E-state index contributed by atoms with van der Waals surface area (Å²) in [4.78, 5) is 2.10. The summed E-state index contributed by atoms with van der Waals surface area (Å²) in [6.07, 6.45) is 0.768. The van der Waals surface area contributed by atoms with Crippen LogP contribution in [0.1, 0.15) is 13.3 Å². The van der Waals surface area contributed by atoms with Crippen LogP contribution in [0.2, 0.25) is 0 Å². The Hall–Kier alpha value is -1.42. The summed E-state index contributed by atoms with van der Waals surface area (Å²) in [7, 11) is 1.63. The summed E-state index contributed by atoms with van der Waals surface area (Å²) in [5.74, 6) is 0.788. The number of methoxy groups -OCH3 is 1. The van der Waals surface area contributed by atoms with Crippen molar-refractivity contribution in [3.8, 4) is 5.75 Å². The summed E-state index contributed by atoms with van der Waals surface area (Å²) in [5.41, 5.74) is 6.98. The summed E-state index contributed by atoms with van der Waals surface area (Å²) in [5, 5.41) is 9.93. The molecule has 0 spiro atoms. The second-order valence-corrected chi connectivity index (χ2v) is 4.59. The van der Waals surface area contributed by atoms with Gasteiger partial charge in [0.1, 0.15) is 5.75 Å². The van der Waals surface area contributed by atoms with Crippen LogP contribution in [0.15, 0.2) is 18.2 Å². The minimum absolute atomic E-state index is 0.615. The van der Waals surface area contributed by atoms with Crippen LogP contribution in [-0.2, 0) is 0 Å². The van der Waals surface area contributed by atoms with Gasteiger partial charge in [-0.05, 0) is 25.5 Å². The van der Waals surface area contributed by atoms with Gasteiger partial charge in [-0.2, -0.15) is 0 Å². The van der Waals surface area contributed by atoms with Crippen LogP contribution < -0.4 is 15.4 Å². The predicted molar refractivity (Wildman–Crippen MR) is 64.9 cm³/mol. The maximum Gasteiger partial charge on any atom is 0.121 e. The number of hydrogen-bond donors (Lipinski definition) is 2. The second kappa shape index (κ2) is 3.87. The molecule has 0 bridgehead atoms. The van der Waals surface area contributed by atoms with Gasteiger partial charge < -0.3 is 20.5 Å². The van der Waals surface area contributed by atoms with E-state index in [1.807, 2.05) is 25.1 Å². The van der Waals surface area contributed by atoms with Gasteiger partial charge in [-0.1, -0.05) is 0 Å². The lowest BCUT2D eigenvalue weighted by Gasteiger charge is -2.22. The highest BCUT2D eigenvalue weighted by Gasteiger charge is 2.32. The summed E-state index contributed by atoms with van der Waals surface area (Å²) in [6, 6.07) is 5.59. The van der Waals surface area contributed by atoms with Crippen LogP contribution in [0.4, 0.5) is 11.4 Å². The van der Waals surface area contributed by atoms with Crippen LogP contribution in [0.25, 0.3) is 0 Å². The van der Waals surface area contributed by atoms with Gasteiger partial charge in [0.15, 0.2) is 0 Å². The van der Waals surface area contributed by atoms with E-state index in [1.165, 1.54) is 0 Å². The fourth-order valence-corrected chi connectivity index (χ4v) is 2.08. The highest BCUT2D eigenvalue weighted by atomic mass is 16.5. The van der Waals surface area contributed by atoms with E-state index in [0.717, 1.165) is 30.1 Å². The van der Waals surface area contributed by atoms with Gasteiger partial charge in [0.05, 0.1) is 24.1 Å². The number of rotatable bonds is 2. The molecule has 1 aromatic rings. The Morgan fingerprint density at radius 2 is 2.25 bits per heavy atom. The molecule has 3 N–H and O–H groups in total. The highest BCUT2D eigenvalue weighted by molar-refractivity contribution is 5.70. The third-order valence-electron chi connectivity index (χ3n) is 3.03. The van der Waals surface area contributed by atoms with Crippen LogP contribution in [-0.4, -0.2) is 30.9 Å². The fourth-order valence-electron chi connectivity index (χ4n) is 2.08. The van der Waals surface area contributed by atoms with E-state index >= 15 is 0 Å². The number of nitrogens with two attached hydrogens (primary N) is 1.